The van der Waals surface area contributed by atoms with Crippen molar-refractivity contribution in [3.05, 3.63) is 78.9 Å². The molecule has 2 aromatic heterocycles. The quantitative estimate of drug-likeness (QED) is 0.546. The standard InChI is InChI=1S/C25H26N4O/c1-5-18-9-12-23(28-22(18)6-2)29-15-20(16-29)25-24(26-13-14-27-25)19-7-10-21(11-8-19)30-17(3)4/h5-14,17,20H,1-2,15-16H2,3-4H3. The summed E-state index contributed by atoms with van der Waals surface area (Å²) in [5.41, 5.74) is 4.86. The van der Waals surface area contributed by atoms with Gasteiger partial charge in [-0.25, -0.2) is 4.98 Å². The van der Waals surface area contributed by atoms with Crippen LogP contribution in [-0.2, 0) is 0 Å². The van der Waals surface area contributed by atoms with Gasteiger partial charge in [0.2, 0.25) is 0 Å². The Balaban J connectivity index is 1.52. The Labute approximate surface area is 177 Å². The molecule has 5 heteroatoms. The van der Waals surface area contributed by atoms with E-state index in [1.807, 2.05) is 50.2 Å². The van der Waals surface area contributed by atoms with Crippen molar-refractivity contribution in [3.63, 3.8) is 0 Å². The van der Waals surface area contributed by atoms with Gasteiger partial charge in [-0.3, -0.25) is 9.97 Å². The smallest absolute Gasteiger partial charge is 0.129 e. The van der Waals surface area contributed by atoms with Crippen LogP contribution in [0.25, 0.3) is 23.4 Å². The highest BCUT2D eigenvalue weighted by molar-refractivity contribution is 5.66. The summed E-state index contributed by atoms with van der Waals surface area (Å²) in [6, 6.07) is 12.1. The molecule has 1 aliphatic heterocycles. The second-order valence-electron chi connectivity index (χ2n) is 7.64. The molecule has 0 unspecified atom stereocenters. The Morgan fingerprint density at radius 3 is 2.40 bits per heavy atom. The lowest BCUT2D eigenvalue weighted by molar-refractivity contribution is 0.242. The number of pyridine rings is 1. The molecule has 0 spiro atoms. The fourth-order valence-corrected chi connectivity index (χ4v) is 3.66. The van der Waals surface area contributed by atoms with Crippen LogP contribution >= 0.6 is 0 Å². The minimum Gasteiger partial charge on any atom is -0.491 e. The fourth-order valence-electron chi connectivity index (χ4n) is 3.66. The van der Waals surface area contributed by atoms with E-state index in [0.29, 0.717) is 5.92 Å². The third-order valence-corrected chi connectivity index (χ3v) is 5.17. The van der Waals surface area contributed by atoms with Gasteiger partial charge in [0.25, 0.3) is 0 Å². The van der Waals surface area contributed by atoms with Crippen molar-refractivity contribution < 1.29 is 4.74 Å². The molecule has 0 N–H and O–H groups in total. The maximum Gasteiger partial charge on any atom is 0.129 e. The van der Waals surface area contributed by atoms with Crippen LogP contribution in [0.15, 0.2) is 61.9 Å². The normalized spacial score (nSPS) is 13.8. The van der Waals surface area contributed by atoms with Crippen LogP contribution in [0.4, 0.5) is 5.82 Å². The Bertz CT molecular complexity index is 1050. The van der Waals surface area contributed by atoms with Gasteiger partial charge in [0.15, 0.2) is 0 Å². The maximum atomic E-state index is 5.75. The van der Waals surface area contributed by atoms with E-state index in [-0.39, 0.29) is 6.10 Å². The third-order valence-electron chi connectivity index (χ3n) is 5.17. The highest BCUT2D eigenvalue weighted by Gasteiger charge is 2.32. The van der Waals surface area contributed by atoms with E-state index in [1.54, 1.807) is 24.5 Å². The number of aromatic nitrogens is 3. The van der Waals surface area contributed by atoms with E-state index in [0.717, 1.165) is 52.9 Å². The number of hydrogen-bond donors (Lipinski definition) is 0. The van der Waals surface area contributed by atoms with Crippen molar-refractivity contribution >= 4 is 18.0 Å². The van der Waals surface area contributed by atoms with Crippen molar-refractivity contribution in [2.45, 2.75) is 25.9 Å². The summed E-state index contributed by atoms with van der Waals surface area (Å²) < 4.78 is 5.75. The van der Waals surface area contributed by atoms with E-state index in [2.05, 4.69) is 28.0 Å². The Hall–Kier alpha value is -3.47. The second kappa shape index (κ2) is 8.49. The maximum absolute atomic E-state index is 5.75. The molecule has 5 nitrogen and oxygen atoms in total. The lowest BCUT2D eigenvalue weighted by Crippen LogP contribution is -2.46. The van der Waals surface area contributed by atoms with Crippen LogP contribution in [-0.4, -0.2) is 34.1 Å². The van der Waals surface area contributed by atoms with Gasteiger partial charge >= 0.3 is 0 Å². The summed E-state index contributed by atoms with van der Waals surface area (Å²) in [7, 11) is 0. The van der Waals surface area contributed by atoms with Crippen molar-refractivity contribution in [2.75, 3.05) is 18.0 Å². The first-order valence-corrected chi connectivity index (χ1v) is 10.2. The molecule has 0 radical (unpaired) electrons. The summed E-state index contributed by atoms with van der Waals surface area (Å²) in [4.78, 5) is 16.3. The Morgan fingerprint density at radius 1 is 1.00 bits per heavy atom. The van der Waals surface area contributed by atoms with Crippen LogP contribution in [0.2, 0.25) is 0 Å². The third kappa shape index (κ3) is 3.96. The van der Waals surface area contributed by atoms with Crippen LogP contribution in [0.5, 0.6) is 5.75 Å². The van der Waals surface area contributed by atoms with E-state index in [1.165, 1.54) is 0 Å². The number of hydrogen-bond acceptors (Lipinski definition) is 5. The van der Waals surface area contributed by atoms with Gasteiger partial charge in [-0.15, -0.1) is 0 Å². The van der Waals surface area contributed by atoms with Gasteiger partial charge in [-0.2, -0.15) is 0 Å². The van der Waals surface area contributed by atoms with Crippen molar-refractivity contribution in [1.82, 2.24) is 15.0 Å². The molecule has 1 aromatic carbocycles. The number of anilines is 1. The molecule has 3 aromatic rings. The summed E-state index contributed by atoms with van der Waals surface area (Å²) in [5, 5.41) is 0. The number of rotatable bonds is 7. The first-order chi connectivity index (χ1) is 14.6. The fraction of sp³-hybridized carbons (Fsp3) is 0.240. The molecule has 152 valence electrons. The summed E-state index contributed by atoms with van der Waals surface area (Å²) in [5.74, 6) is 2.13. The predicted molar refractivity (Wildman–Crippen MR) is 123 cm³/mol. The molecule has 3 heterocycles. The lowest BCUT2D eigenvalue weighted by Gasteiger charge is -2.40. The predicted octanol–water partition coefficient (Wildman–Crippen LogP) is 5.22. The molecule has 1 saturated heterocycles. The molecule has 0 bridgehead atoms. The lowest BCUT2D eigenvalue weighted by atomic mass is 9.92. The molecule has 4 rings (SSSR count). The highest BCUT2D eigenvalue weighted by atomic mass is 16.5. The van der Waals surface area contributed by atoms with Gasteiger partial charge < -0.3 is 9.64 Å². The average Bonchev–Trinajstić information content (AvgIpc) is 2.73. The monoisotopic (exact) mass is 398 g/mol. The molecular formula is C25H26N4O. The minimum atomic E-state index is 0.152. The average molecular weight is 399 g/mol. The van der Waals surface area contributed by atoms with E-state index in [9.17, 15) is 0 Å². The number of benzene rings is 1. The van der Waals surface area contributed by atoms with E-state index in [4.69, 9.17) is 9.72 Å². The summed E-state index contributed by atoms with van der Waals surface area (Å²) in [6.45, 7) is 13.5. The Morgan fingerprint density at radius 2 is 1.73 bits per heavy atom. The Kier molecular flexibility index (Phi) is 5.61. The van der Waals surface area contributed by atoms with E-state index < -0.39 is 0 Å². The largest absolute Gasteiger partial charge is 0.491 e. The SMILES string of the molecule is C=Cc1ccc(N2CC(c3nccnc3-c3ccc(OC(C)C)cc3)C2)nc1C=C. The van der Waals surface area contributed by atoms with Crippen LogP contribution in [0, 0.1) is 0 Å². The summed E-state index contributed by atoms with van der Waals surface area (Å²) >= 11 is 0. The van der Waals surface area contributed by atoms with Crippen LogP contribution < -0.4 is 9.64 Å². The first-order valence-electron chi connectivity index (χ1n) is 10.2. The zero-order chi connectivity index (χ0) is 21.1. The van der Waals surface area contributed by atoms with Crippen molar-refractivity contribution in [3.8, 4) is 17.0 Å². The van der Waals surface area contributed by atoms with Crippen molar-refractivity contribution in [1.29, 1.82) is 0 Å². The molecule has 0 amide bonds. The van der Waals surface area contributed by atoms with Gasteiger partial charge in [0.05, 0.1) is 23.2 Å². The zero-order valence-corrected chi connectivity index (χ0v) is 17.5. The van der Waals surface area contributed by atoms with Gasteiger partial charge in [-0.05, 0) is 61.9 Å². The number of ether oxygens (including phenoxy) is 1. The topological polar surface area (TPSA) is 51.1 Å². The van der Waals surface area contributed by atoms with Gasteiger partial charge in [0.1, 0.15) is 11.6 Å². The minimum absolute atomic E-state index is 0.152. The van der Waals surface area contributed by atoms with Gasteiger partial charge in [0, 0.05) is 37.0 Å². The first kappa shape index (κ1) is 19.8. The molecule has 1 fully saturated rings. The highest BCUT2D eigenvalue weighted by Crippen LogP contribution is 2.35. The molecular weight excluding hydrogens is 372 g/mol. The molecule has 1 aliphatic rings. The van der Waals surface area contributed by atoms with Crippen molar-refractivity contribution in [2.24, 2.45) is 0 Å². The van der Waals surface area contributed by atoms with Crippen LogP contribution in [0.1, 0.15) is 36.7 Å². The molecule has 0 aliphatic carbocycles. The zero-order valence-electron chi connectivity index (χ0n) is 17.5. The number of nitrogens with zero attached hydrogens (tertiary/aromatic N) is 4. The summed E-state index contributed by atoms with van der Waals surface area (Å²) in [6.07, 6.45) is 7.24. The molecule has 0 atom stereocenters. The molecule has 0 saturated carbocycles. The van der Waals surface area contributed by atoms with Gasteiger partial charge in [-0.1, -0.05) is 19.2 Å². The second-order valence-corrected chi connectivity index (χ2v) is 7.64. The van der Waals surface area contributed by atoms with E-state index >= 15 is 0 Å². The molecule has 30 heavy (non-hydrogen) atoms. The van der Waals surface area contributed by atoms with Crippen LogP contribution in [0.3, 0.4) is 0 Å².